The predicted molar refractivity (Wildman–Crippen MR) is 79.5 cm³/mol. The van der Waals surface area contributed by atoms with Gasteiger partial charge in [0.25, 0.3) is 0 Å². The highest BCUT2D eigenvalue weighted by molar-refractivity contribution is 5.41. The number of rotatable bonds is 6. The van der Waals surface area contributed by atoms with Gasteiger partial charge in [-0.3, -0.25) is 4.98 Å². The van der Waals surface area contributed by atoms with Crippen molar-refractivity contribution in [2.75, 3.05) is 23.7 Å². The molecule has 0 fully saturated rings. The molecule has 2 aromatic rings. The van der Waals surface area contributed by atoms with Gasteiger partial charge in [-0.2, -0.15) is 0 Å². The molecule has 2 rings (SSSR count). The Bertz CT molecular complexity index is 572. The van der Waals surface area contributed by atoms with Gasteiger partial charge in [-0.1, -0.05) is 6.07 Å². The zero-order chi connectivity index (χ0) is 14.4. The summed E-state index contributed by atoms with van der Waals surface area (Å²) in [6.45, 7) is 5.48. The third-order valence-corrected chi connectivity index (χ3v) is 3.00. The minimum atomic E-state index is -0.191. The third-order valence-electron chi connectivity index (χ3n) is 3.00. The predicted octanol–water partition coefficient (Wildman–Crippen LogP) is 3.01. The van der Waals surface area contributed by atoms with Gasteiger partial charge in [0.1, 0.15) is 17.5 Å². The topological polar surface area (TPSA) is 49.8 Å². The van der Waals surface area contributed by atoms with Crippen LogP contribution in [0.25, 0.3) is 0 Å². The molecule has 0 amide bonds. The van der Waals surface area contributed by atoms with Crippen LogP contribution in [-0.4, -0.2) is 23.1 Å². The molecular weight excluding hydrogens is 255 g/mol. The summed E-state index contributed by atoms with van der Waals surface area (Å²) in [7, 11) is 0. The normalized spacial score (nSPS) is 10.3. The lowest BCUT2D eigenvalue weighted by Gasteiger charge is -2.09. The molecule has 5 heteroatoms. The summed E-state index contributed by atoms with van der Waals surface area (Å²) in [6.07, 6.45) is 4.20. The molecular formula is C15H19FN4. The smallest absolute Gasteiger partial charge is 0.146 e. The lowest BCUT2D eigenvalue weighted by molar-refractivity contribution is 0.625. The van der Waals surface area contributed by atoms with E-state index in [2.05, 4.69) is 20.6 Å². The van der Waals surface area contributed by atoms with E-state index in [0.29, 0.717) is 0 Å². The van der Waals surface area contributed by atoms with Crippen molar-refractivity contribution in [2.24, 2.45) is 0 Å². The van der Waals surface area contributed by atoms with Gasteiger partial charge >= 0.3 is 0 Å². The summed E-state index contributed by atoms with van der Waals surface area (Å²) in [4.78, 5) is 8.51. The van der Waals surface area contributed by atoms with Crippen LogP contribution < -0.4 is 10.6 Å². The molecule has 0 aliphatic carbocycles. The van der Waals surface area contributed by atoms with Gasteiger partial charge in [-0.05, 0) is 43.5 Å². The van der Waals surface area contributed by atoms with Crippen LogP contribution >= 0.6 is 0 Å². The highest BCUT2D eigenvalue weighted by Crippen LogP contribution is 2.11. The van der Waals surface area contributed by atoms with Crippen LogP contribution in [0.5, 0.6) is 0 Å². The zero-order valence-corrected chi connectivity index (χ0v) is 11.8. The second-order valence-corrected chi connectivity index (χ2v) is 4.57. The van der Waals surface area contributed by atoms with E-state index in [0.717, 1.165) is 42.3 Å². The van der Waals surface area contributed by atoms with Crippen molar-refractivity contribution in [3.63, 3.8) is 0 Å². The van der Waals surface area contributed by atoms with Crippen LogP contribution in [0.1, 0.15) is 18.1 Å². The second kappa shape index (κ2) is 6.84. The standard InChI is InChI=1S/C15H19FN4/c1-3-18-14-9-17-10-15(20-14)19-7-6-12-4-5-13(16)8-11(12)2/h4-5,8-10H,3,6-7H2,1-2H3,(H2,18,19,20). The fourth-order valence-electron chi connectivity index (χ4n) is 1.98. The first-order chi connectivity index (χ1) is 9.69. The Labute approximate surface area is 118 Å². The molecule has 0 atom stereocenters. The Morgan fingerprint density at radius 2 is 1.90 bits per heavy atom. The van der Waals surface area contributed by atoms with Gasteiger partial charge in [0.05, 0.1) is 12.4 Å². The van der Waals surface area contributed by atoms with Gasteiger partial charge in [-0.15, -0.1) is 0 Å². The van der Waals surface area contributed by atoms with E-state index in [4.69, 9.17) is 0 Å². The molecule has 1 aromatic heterocycles. The first-order valence-corrected chi connectivity index (χ1v) is 6.74. The molecule has 0 spiro atoms. The van der Waals surface area contributed by atoms with Crippen molar-refractivity contribution >= 4 is 11.6 Å². The Morgan fingerprint density at radius 3 is 2.60 bits per heavy atom. The fourth-order valence-corrected chi connectivity index (χ4v) is 1.98. The molecule has 0 aliphatic heterocycles. The molecule has 2 N–H and O–H groups in total. The van der Waals surface area contributed by atoms with Gasteiger partial charge in [0, 0.05) is 13.1 Å². The molecule has 1 heterocycles. The maximum Gasteiger partial charge on any atom is 0.146 e. The molecule has 0 aliphatic rings. The number of benzene rings is 1. The monoisotopic (exact) mass is 274 g/mol. The zero-order valence-electron chi connectivity index (χ0n) is 11.8. The van der Waals surface area contributed by atoms with Crippen LogP contribution in [-0.2, 0) is 6.42 Å². The number of nitrogens with zero attached hydrogens (tertiary/aromatic N) is 2. The summed E-state index contributed by atoms with van der Waals surface area (Å²) < 4.78 is 13.0. The Kier molecular flexibility index (Phi) is 4.87. The van der Waals surface area contributed by atoms with E-state index < -0.39 is 0 Å². The number of aryl methyl sites for hydroxylation is 1. The van der Waals surface area contributed by atoms with Crippen LogP contribution in [0, 0.1) is 12.7 Å². The van der Waals surface area contributed by atoms with Crippen molar-refractivity contribution in [2.45, 2.75) is 20.3 Å². The number of hydrogen-bond acceptors (Lipinski definition) is 4. The SMILES string of the molecule is CCNc1cncc(NCCc2ccc(F)cc2C)n1. The van der Waals surface area contributed by atoms with Gasteiger partial charge < -0.3 is 10.6 Å². The third kappa shape index (κ3) is 3.91. The second-order valence-electron chi connectivity index (χ2n) is 4.57. The van der Waals surface area contributed by atoms with Crippen molar-refractivity contribution < 1.29 is 4.39 Å². The molecule has 0 saturated carbocycles. The summed E-state index contributed by atoms with van der Waals surface area (Å²) >= 11 is 0. The molecule has 0 unspecified atom stereocenters. The maximum atomic E-state index is 13.0. The summed E-state index contributed by atoms with van der Waals surface area (Å²) in [6, 6.07) is 4.88. The molecule has 20 heavy (non-hydrogen) atoms. The molecule has 1 aromatic carbocycles. The van der Waals surface area contributed by atoms with E-state index in [1.54, 1.807) is 18.5 Å². The lowest BCUT2D eigenvalue weighted by atomic mass is 10.1. The summed E-state index contributed by atoms with van der Waals surface area (Å²) in [5, 5.41) is 6.34. The Hall–Kier alpha value is -2.17. The van der Waals surface area contributed by atoms with Crippen LogP contribution in [0.2, 0.25) is 0 Å². The first-order valence-electron chi connectivity index (χ1n) is 6.74. The van der Waals surface area contributed by atoms with E-state index >= 15 is 0 Å². The summed E-state index contributed by atoms with van der Waals surface area (Å²) in [5.41, 5.74) is 2.11. The summed E-state index contributed by atoms with van der Waals surface area (Å²) in [5.74, 6) is 1.31. The molecule has 4 nitrogen and oxygen atoms in total. The van der Waals surface area contributed by atoms with Gasteiger partial charge in [0.2, 0.25) is 0 Å². The highest BCUT2D eigenvalue weighted by Gasteiger charge is 2.01. The van der Waals surface area contributed by atoms with Gasteiger partial charge in [-0.25, -0.2) is 9.37 Å². The van der Waals surface area contributed by atoms with Crippen LogP contribution in [0.4, 0.5) is 16.0 Å². The van der Waals surface area contributed by atoms with E-state index in [1.807, 2.05) is 19.9 Å². The van der Waals surface area contributed by atoms with Crippen LogP contribution in [0.3, 0.4) is 0 Å². The van der Waals surface area contributed by atoms with Crippen molar-refractivity contribution in [3.05, 3.63) is 47.5 Å². The number of hydrogen-bond donors (Lipinski definition) is 2. The van der Waals surface area contributed by atoms with Gasteiger partial charge in [0.15, 0.2) is 0 Å². The minimum absolute atomic E-state index is 0.191. The largest absolute Gasteiger partial charge is 0.369 e. The average molecular weight is 274 g/mol. The van der Waals surface area contributed by atoms with Crippen LogP contribution in [0.15, 0.2) is 30.6 Å². The first kappa shape index (κ1) is 14.2. The Morgan fingerprint density at radius 1 is 1.15 bits per heavy atom. The maximum absolute atomic E-state index is 13.0. The van der Waals surface area contributed by atoms with Crippen molar-refractivity contribution in [1.29, 1.82) is 0 Å². The number of anilines is 2. The number of nitrogens with one attached hydrogen (secondary N) is 2. The Balaban J connectivity index is 1.90. The van der Waals surface area contributed by atoms with Crippen molar-refractivity contribution in [1.82, 2.24) is 9.97 Å². The molecule has 0 bridgehead atoms. The van der Waals surface area contributed by atoms with E-state index in [1.165, 1.54) is 6.07 Å². The number of halogens is 1. The number of aromatic nitrogens is 2. The molecule has 106 valence electrons. The van der Waals surface area contributed by atoms with Crippen molar-refractivity contribution in [3.8, 4) is 0 Å². The fraction of sp³-hybridized carbons (Fsp3) is 0.333. The minimum Gasteiger partial charge on any atom is -0.369 e. The highest BCUT2D eigenvalue weighted by atomic mass is 19.1. The lowest BCUT2D eigenvalue weighted by Crippen LogP contribution is -2.09. The van der Waals surface area contributed by atoms with E-state index in [9.17, 15) is 4.39 Å². The quantitative estimate of drug-likeness (QED) is 0.850. The molecule has 0 radical (unpaired) electrons. The average Bonchev–Trinajstić information content (AvgIpc) is 2.42. The molecule has 0 saturated heterocycles. The van der Waals surface area contributed by atoms with E-state index in [-0.39, 0.29) is 5.82 Å².